The molecule has 2 aromatic rings. The highest BCUT2D eigenvalue weighted by Crippen LogP contribution is 2.25. The van der Waals surface area contributed by atoms with Crippen molar-refractivity contribution in [3.8, 4) is 0 Å². The third-order valence-electron chi connectivity index (χ3n) is 3.24. The predicted molar refractivity (Wildman–Crippen MR) is 87.6 cm³/mol. The Hall–Kier alpha value is -1.81. The van der Waals surface area contributed by atoms with Crippen LogP contribution in [0.4, 0.5) is 11.4 Å². The fraction of sp³-hybridized carbons (Fsp3) is 0.188. The third-order valence-corrected chi connectivity index (χ3v) is 3.73. The quantitative estimate of drug-likeness (QED) is 0.918. The van der Waals surface area contributed by atoms with Gasteiger partial charge in [-0.15, -0.1) is 0 Å². The summed E-state index contributed by atoms with van der Waals surface area (Å²) in [5, 5.41) is 3.04. The molecule has 2 aromatic carbocycles. The molecule has 0 aliphatic heterocycles. The van der Waals surface area contributed by atoms with Crippen LogP contribution in [-0.2, 0) is 0 Å². The van der Waals surface area contributed by atoms with Crippen LogP contribution in [0.5, 0.6) is 0 Å². The Labute approximate surface area is 127 Å². The maximum atomic E-state index is 12.6. The number of carbonyl (C=O) groups excluding carboxylic acids is 1. The van der Waals surface area contributed by atoms with E-state index in [1.54, 1.807) is 11.9 Å². The van der Waals surface area contributed by atoms with Gasteiger partial charge in [-0.25, -0.2) is 0 Å². The average Bonchev–Trinajstić information content (AvgIpc) is 2.48. The van der Waals surface area contributed by atoms with Gasteiger partial charge in [-0.1, -0.05) is 28.1 Å². The van der Waals surface area contributed by atoms with E-state index in [0.29, 0.717) is 5.56 Å². The summed E-state index contributed by atoms with van der Waals surface area (Å²) < 4.78 is 0.960. The van der Waals surface area contributed by atoms with Crippen molar-refractivity contribution in [1.29, 1.82) is 0 Å². The molecule has 0 saturated heterocycles. The molecule has 104 valence electrons. The van der Waals surface area contributed by atoms with Crippen LogP contribution in [0.25, 0.3) is 0 Å². The van der Waals surface area contributed by atoms with Gasteiger partial charge >= 0.3 is 0 Å². The number of amides is 1. The first-order chi connectivity index (χ1) is 9.52. The van der Waals surface area contributed by atoms with Gasteiger partial charge in [0, 0.05) is 35.5 Å². The molecule has 0 radical (unpaired) electrons. The highest BCUT2D eigenvalue weighted by molar-refractivity contribution is 9.10. The molecule has 0 atom stereocenters. The van der Waals surface area contributed by atoms with E-state index in [1.807, 2.05) is 56.4 Å². The maximum Gasteiger partial charge on any atom is 0.258 e. The lowest BCUT2D eigenvalue weighted by molar-refractivity contribution is 0.0993. The fourth-order valence-electron chi connectivity index (χ4n) is 2.05. The Morgan fingerprint density at radius 1 is 1.20 bits per heavy atom. The number of halogens is 1. The molecule has 1 N–H and O–H groups in total. The molecule has 0 unspecified atom stereocenters. The second-order valence-electron chi connectivity index (χ2n) is 4.63. The van der Waals surface area contributed by atoms with Gasteiger partial charge < -0.3 is 10.2 Å². The average molecular weight is 333 g/mol. The number of aryl methyl sites for hydroxylation is 1. The predicted octanol–water partition coefficient (Wildman–Crippen LogP) is 4.08. The van der Waals surface area contributed by atoms with Gasteiger partial charge in [0.05, 0.1) is 0 Å². The van der Waals surface area contributed by atoms with Gasteiger partial charge in [0.1, 0.15) is 0 Å². The number of hydrogen-bond donors (Lipinski definition) is 1. The normalized spacial score (nSPS) is 10.2. The van der Waals surface area contributed by atoms with Gasteiger partial charge in [-0.3, -0.25) is 4.79 Å². The third kappa shape index (κ3) is 3.02. The molecular weight excluding hydrogens is 316 g/mol. The van der Waals surface area contributed by atoms with E-state index in [4.69, 9.17) is 0 Å². The molecule has 0 spiro atoms. The zero-order chi connectivity index (χ0) is 14.7. The minimum absolute atomic E-state index is 0.0247. The van der Waals surface area contributed by atoms with Gasteiger partial charge in [0.15, 0.2) is 0 Å². The summed E-state index contributed by atoms with van der Waals surface area (Å²) in [6.45, 7) is 2.00. The molecule has 4 heteroatoms. The smallest absolute Gasteiger partial charge is 0.258 e. The Bertz CT molecular complexity index is 640. The number of rotatable bonds is 3. The van der Waals surface area contributed by atoms with E-state index >= 15 is 0 Å². The summed E-state index contributed by atoms with van der Waals surface area (Å²) in [4.78, 5) is 14.2. The first kappa shape index (κ1) is 14.6. The molecule has 0 saturated carbocycles. The van der Waals surface area contributed by atoms with Crippen LogP contribution < -0.4 is 10.2 Å². The van der Waals surface area contributed by atoms with Crippen LogP contribution in [0.3, 0.4) is 0 Å². The lowest BCUT2D eigenvalue weighted by Crippen LogP contribution is -2.26. The van der Waals surface area contributed by atoms with Crippen molar-refractivity contribution >= 4 is 33.2 Å². The van der Waals surface area contributed by atoms with E-state index in [9.17, 15) is 4.79 Å². The second kappa shape index (κ2) is 6.09. The van der Waals surface area contributed by atoms with Crippen molar-refractivity contribution in [2.45, 2.75) is 6.92 Å². The lowest BCUT2D eigenvalue weighted by Gasteiger charge is -2.20. The van der Waals surface area contributed by atoms with Crippen LogP contribution >= 0.6 is 15.9 Å². The lowest BCUT2D eigenvalue weighted by atomic mass is 10.1. The van der Waals surface area contributed by atoms with Crippen LogP contribution in [0.2, 0.25) is 0 Å². The SMILES string of the molecule is CNc1cccc(C(=O)N(C)c2cc(Br)ccc2C)c1. The van der Waals surface area contributed by atoms with Crippen LogP contribution in [-0.4, -0.2) is 20.0 Å². The fourth-order valence-corrected chi connectivity index (χ4v) is 2.40. The molecular formula is C16H17BrN2O. The minimum Gasteiger partial charge on any atom is -0.388 e. The van der Waals surface area contributed by atoms with Crippen molar-refractivity contribution in [3.63, 3.8) is 0 Å². The molecule has 2 rings (SSSR count). The number of hydrogen-bond acceptors (Lipinski definition) is 2. The van der Waals surface area contributed by atoms with Gasteiger partial charge in [0.25, 0.3) is 5.91 Å². The van der Waals surface area contributed by atoms with E-state index in [0.717, 1.165) is 21.4 Å². The standard InChI is InChI=1S/C16H17BrN2O/c1-11-7-8-13(17)10-15(11)19(3)16(20)12-5-4-6-14(9-12)18-2/h4-10,18H,1-3H3. The van der Waals surface area contributed by atoms with E-state index < -0.39 is 0 Å². The second-order valence-corrected chi connectivity index (χ2v) is 5.54. The molecule has 0 heterocycles. The summed E-state index contributed by atoms with van der Waals surface area (Å²) in [5.41, 5.74) is 3.56. The highest BCUT2D eigenvalue weighted by atomic mass is 79.9. The molecule has 1 amide bonds. The zero-order valence-electron chi connectivity index (χ0n) is 11.8. The van der Waals surface area contributed by atoms with Crippen LogP contribution in [0.15, 0.2) is 46.9 Å². The molecule has 3 nitrogen and oxygen atoms in total. The molecule has 0 fully saturated rings. The van der Waals surface area contributed by atoms with Crippen molar-refractivity contribution in [1.82, 2.24) is 0 Å². The number of carbonyl (C=O) groups is 1. The zero-order valence-corrected chi connectivity index (χ0v) is 13.4. The minimum atomic E-state index is -0.0247. The largest absolute Gasteiger partial charge is 0.388 e. The van der Waals surface area contributed by atoms with Gasteiger partial charge in [-0.2, -0.15) is 0 Å². The van der Waals surface area contributed by atoms with Crippen molar-refractivity contribution in [3.05, 3.63) is 58.1 Å². The monoisotopic (exact) mass is 332 g/mol. The maximum absolute atomic E-state index is 12.6. The molecule has 20 heavy (non-hydrogen) atoms. The summed E-state index contributed by atoms with van der Waals surface area (Å²) in [6, 6.07) is 13.4. The van der Waals surface area contributed by atoms with Gasteiger partial charge in [0.2, 0.25) is 0 Å². The molecule has 0 aromatic heterocycles. The Morgan fingerprint density at radius 3 is 2.65 bits per heavy atom. The van der Waals surface area contributed by atoms with Gasteiger partial charge in [-0.05, 0) is 42.8 Å². The Morgan fingerprint density at radius 2 is 1.95 bits per heavy atom. The Balaban J connectivity index is 2.34. The van der Waals surface area contributed by atoms with E-state index in [1.165, 1.54) is 0 Å². The van der Waals surface area contributed by atoms with Crippen molar-refractivity contribution < 1.29 is 4.79 Å². The van der Waals surface area contributed by atoms with Crippen molar-refractivity contribution in [2.24, 2.45) is 0 Å². The van der Waals surface area contributed by atoms with Crippen LogP contribution in [0, 0.1) is 6.92 Å². The van der Waals surface area contributed by atoms with Crippen molar-refractivity contribution in [2.75, 3.05) is 24.3 Å². The first-order valence-electron chi connectivity index (χ1n) is 6.35. The molecule has 0 aliphatic rings. The number of nitrogens with zero attached hydrogens (tertiary/aromatic N) is 1. The summed E-state index contributed by atoms with van der Waals surface area (Å²) in [7, 11) is 3.63. The summed E-state index contributed by atoms with van der Waals surface area (Å²) >= 11 is 3.44. The summed E-state index contributed by atoms with van der Waals surface area (Å²) in [5.74, 6) is -0.0247. The number of benzene rings is 2. The van der Waals surface area contributed by atoms with E-state index in [2.05, 4.69) is 21.2 Å². The topological polar surface area (TPSA) is 32.3 Å². The highest BCUT2D eigenvalue weighted by Gasteiger charge is 2.15. The van der Waals surface area contributed by atoms with Crippen LogP contribution in [0.1, 0.15) is 15.9 Å². The number of anilines is 2. The molecule has 0 bridgehead atoms. The molecule has 0 aliphatic carbocycles. The van der Waals surface area contributed by atoms with E-state index in [-0.39, 0.29) is 5.91 Å². The Kier molecular flexibility index (Phi) is 4.45. The summed E-state index contributed by atoms with van der Waals surface area (Å²) in [6.07, 6.45) is 0. The number of nitrogens with one attached hydrogen (secondary N) is 1. The first-order valence-corrected chi connectivity index (χ1v) is 7.14.